The van der Waals surface area contributed by atoms with Gasteiger partial charge in [-0.25, -0.2) is 9.07 Å². The maximum absolute atomic E-state index is 12.9. The van der Waals surface area contributed by atoms with E-state index in [1.54, 1.807) is 41.2 Å². The average Bonchev–Trinajstić information content (AvgIpc) is 2.98. The fourth-order valence-corrected chi connectivity index (χ4v) is 1.99. The number of aromatic nitrogens is 2. The zero-order chi connectivity index (χ0) is 14.8. The second-order valence-corrected chi connectivity index (χ2v) is 4.43. The van der Waals surface area contributed by atoms with Crippen molar-refractivity contribution in [2.75, 3.05) is 0 Å². The molecule has 2 aromatic carbocycles. The fraction of sp³-hybridized carbons (Fsp3) is 0. The quantitative estimate of drug-likeness (QED) is 0.545. The molecule has 0 radical (unpaired) electrons. The monoisotopic (exact) mass is 283 g/mol. The standard InChI is InChI=1S/C15H10FN3O2/c16-12-4-6-13(7-5-12)18-9-8-15(17-18)11-2-1-3-14(10-11)19(20)21/h1-10H. The number of non-ortho nitro benzene ring substituents is 1. The first kappa shape index (κ1) is 13.0. The van der Waals surface area contributed by atoms with Gasteiger partial charge in [-0.1, -0.05) is 12.1 Å². The lowest BCUT2D eigenvalue weighted by atomic mass is 10.1. The number of nitro groups is 1. The van der Waals surface area contributed by atoms with Crippen LogP contribution >= 0.6 is 0 Å². The first-order chi connectivity index (χ1) is 10.1. The van der Waals surface area contributed by atoms with E-state index in [1.807, 2.05) is 0 Å². The minimum atomic E-state index is -0.444. The van der Waals surface area contributed by atoms with Crippen molar-refractivity contribution in [3.63, 3.8) is 0 Å². The molecule has 0 fully saturated rings. The van der Waals surface area contributed by atoms with E-state index in [1.165, 1.54) is 24.3 Å². The van der Waals surface area contributed by atoms with Crippen LogP contribution in [-0.2, 0) is 0 Å². The third-order valence-corrected chi connectivity index (χ3v) is 3.03. The molecule has 0 aliphatic carbocycles. The predicted octanol–water partition coefficient (Wildman–Crippen LogP) is 3.59. The summed E-state index contributed by atoms with van der Waals surface area (Å²) in [5.41, 5.74) is 2.00. The summed E-state index contributed by atoms with van der Waals surface area (Å²) in [6.07, 6.45) is 1.72. The third kappa shape index (κ3) is 2.64. The van der Waals surface area contributed by atoms with Gasteiger partial charge in [0, 0.05) is 23.9 Å². The van der Waals surface area contributed by atoms with Gasteiger partial charge in [0.05, 0.1) is 16.3 Å². The molecule has 0 aliphatic heterocycles. The summed E-state index contributed by atoms with van der Waals surface area (Å²) in [4.78, 5) is 10.3. The Morgan fingerprint density at radius 1 is 1.10 bits per heavy atom. The number of rotatable bonds is 3. The average molecular weight is 283 g/mol. The van der Waals surface area contributed by atoms with Crippen LogP contribution in [0.3, 0.4) is 0 Å². The van der Waals surface area contributed by atoms with Gasteiger partial charge in [-0.05, 0) is 30.3 Å². The summed E-state index contributed by atoms with van der Waals surface area (Å²) in [5.74, 6) is -0.315. The van der Waals surface area contributed by atoms with E-state index in [9.17, 15) is 14.5 Å². The Morgan fingerprint density at radius 3 is 2.57 bits per heavy atom. The Balaban J connectivity index is 1.96. The number of hydrogen-bond donors (Lipinski definition) is 0. The highest BCUT2D eigenvalue weighted by molar-refractivity contribution is 5.62. The van der Waals surface area contributed by atoms with Crippen LogP contribution in [-0.4, -0.2) is 14.7 Å². The summed E-state index contributed by atoms with van der Waals surface area (Å²) >= 11 is 0. The molecule has 0 N–H and O–H groups in total. The van der Waals surface area contributed by atoms with Crippen molar-refractivity contribution in [2.45, 2.75) is 0 Å². The zero-order valence-corrected chi connectivity index (χ0v) is 10.8. The molecule has 0 aliphatic rings. The van der Waals surface area contributed by atoms with Crippen LogP contribution in [0.1, 0.15) is 0 Å². The normalized spacial score (nSPS) is 10.5. The lowest BCUT2D eigenvalue weighted by Gasteiger charge is -2.01. The zero-order valence-electron chi connectivity index (χ0n) is 10.8. The van der Waals surface area contributed by atoms with Gasteiger partial charge >= 0.3 is 0 Å². The molecule has 3 rings (SSSR count). The van der Waals surface area contributed by atoms with Gasteiger partial charge in [-0.2, -0.15) is 5.10 Å². The SMILES string of the molecule is O=[N+]([O-])c1cccc(-c2ccn(-c3ccc(F)cc3)n2)c1. The lowest BCUT2D eigenvalue weighted by molar-refractivity contribution is -0.384. The fourth-order valence-electron chi connectivity index (χ4n) is 1.99. The maximum atomic E-state index is 12.9. The van der Waals surface area contributed by atoms with E-state index < -0.39 is 4.92 Å². The van der Waals surface area contributed by atoms with Crippen LogP contribution in [0, 0.1) is 15.9 Å². The van der Waals surface area contributed by atoms with E-state index >= 15 is 0 Å². The van der Waals surface area contributed by atoms with Crippen molar-refractivity contribution >= 4 is 5.69 Å². The van der Waals surface area contributed by atoms with Gasteiger partial charge in [-0.15, -0.1) is 0 Å². The molecule has 1 aromatic heterocycles. The molecule has 0 saturated heterocycles. The van der Waals surface area contributed by atoms with Gasteiger partial charge in [0.15, 0.2) is 0 Å². The largest absolute Gasteiger partial charge is 0.270 e. The van der Waals surface area contributed by atoms with Gasteiger partial charge in [0.1, 0.15) is 5.82 Å². The Labute approximate surface area is 119 Å². The first-order valence-corrected chi connectivity index (χ1v) is 6.20. The first-order valence-electron chi connectivity index (χ1n) is 6.20. The minimum Gasteiger partial charge on any atom is -0.258 e. The highest BCUT2D eigenvalue weighted by atomic mass is 19.1. The second-order valence-electron chi connectivity index (χ2n) is 4.43. The Kier molecular flexibility index (Phi) is 3.19. The van der Waals surface area contributed by atoms with E-state index in [0.717, 1.165) is 0 Å². The number of hydrogen-bond acceptors (Lipinski definition) is 3. The highest BCUT2D eigenvalue weighted by Crippen LogP contribution is 2.23. The summed E-state index contributed by atoms with van der Waals surface area (Å²) in [6.45, 7) is 0. The molecule has 5 nitrogen and oxygen atoms in total. The summed E-state index contributed by atoms with van der Waals surface area (Å²) < 4.78 is 14.5. The second kappa shape index (κ2) is 5.16. The molecule has 0 unspecified atom stereocenters. The summed E-state index contributed by atoms with van der Waals surface area (Å²) in [5, 5.41) is 15.1. The number of halogens is 1. The Bertz CT molecular complexity index is 797. The minimum absolute atomic E-state index is 0.0174. The van der Waals surface area contributed by atoms with Crippen LogP contribution in [0.2, 0.25) is 0 Å². The molecule has 6 heteroatoms. The number of nitrogens with zero attached hydrogens (tertiary/aromatic N) is 3. The van der Waals surface area contributed by atoms with E-state index in [0.29, 0.717) is 16.9 Å². The molecule has 0 saturated carbocycles. The van der Waals surface area contributed by atoms with Crippen LogP contribution in [0.4, 0.5) is 10.1 Å². The van der Waals surface area contributed by atoms with Crippen LogP contribution < -0.4 is 0 Å². The van der Waals surface area contributed by atoms with Crippen LogP contribution in [0.15, 0.2) is 60.8 Å². The highest BCUT2D eigenvalue weighted by Gasteiger charge is 2.09. The van der Waals surface area contributed by atoms with Gasteiger partial charge in [0.2, 0.25) is 0 Å². The van der Waals surface area contributed by atoms with Crippen molar-refractivity contribution in [1.29, 1.82) is 0 Å². The van der Waals surface area contributed by atoms with Crippen LogP contribution in [0.5, 0.6) is 0 Å². The molecule has 1 heterocycles. The molecule has 0 spiro atoms. The van der Waals surface area contributed by atoms with Crippen molar-refractivity contribution in [2.24, 2.45) is 0 Å². The molecule has 104 valence electrons. The number of nitro benzene ring substituents is 1. The molecule has 0 atom stereocenters. The van der Waals surface area contributed by atoms with Gasteiger partial charge in [-0.3, -0.25) is 10.1 Å². The van der Waals surface area contributed by atoms with E-state index in [-0.39, 0.29) is 11.5 Å². The molecular weight excluding hydrogens is 273 g/mol. The summed E-state index contributed by atoms with van der Waals surface area (Å²) in [6, 6.07) is 13.9. The maximum Gasteiger partial charge on any atom is 0.270 e. The van der Waals surface area contributed by atoms with Crippen molar-refractivity contribution in [3.05, 3.63) is 76.7 Å². The lowest BCUT2D eigenvalue weighted by Crippen LogP contribution is -1.95. The van der Waals surface area contributed by atoms with Crippen molar-refractivity contribution < 1.29 is 9.31 Å². The van der Waals surface area contributed by atoms with Crippen molar-refractivity contribution in [3.8, 4) is 16.9 Å². The van der Waals surface area contributed by atoms with E-state index in [2.05, 4.69) is 5.10 Å². The third-order valence-electron chi connectivity index (χ3n) is 3.03. The van der Waals surface area contributed by atoms with Gasteiger partial charge < -0.3 is 0 Å². The molecular formula is C15H10FN3O2. The summed E-state index contributed by atoms with van der Waals surface area (Å²) in [7, 11) is 0. The smallest absolute Gasteiger partial charge is 0.258 e. The molecule has 0 bridgehead atoms. The van der Waals surface area contributed by atoms with Gasteiger partial charge in [0.25, 0.3) is 5.69 Å². The predicted molar refractivity (Wildman–Crippen MR) is 75.6 cm³/mol. The Hall–Kier alpha value is -3.02. The van der Waals surface area contributed by atoms with Crippen molar-refractivity contribution in [1.82, 2.24) is 9.78 Å². The topological polar surface area (TPSA) is 61.0 Å². The Morgan fingerprint density at radius 2 is 1.86 bits per heavy atom. The molecule has 21 heavy (non-hydrogen) atoms. The number of benzene rings is 2. The van der Waals surface area contributed by atoms with E-state index in [4.69, 9.17) is 0 Å². The molecule has 0 amide bonds. The van der Waals surface area contributed by atoms with Crippen LogP contribution in [0.25, 0.3) is 16.9 Å². The molecule has 3 aromatic rings.